The van der Waals surface area contributed by atoms with Gasteiger partial charge in [0.1, 0.15) is 5.01 Å². The first-order valence-electron chi connectivity index (χ1n) is 10.4. The van der Waals surface area contributed by atoms with E-state index >= 15 is 0 Å². The van der Waals surface area contributed by atoms with Crippen LogP contribution in [-0.2, 0) is 13.1 Å². The van der Waals surface area contributed by atoms with Crippen molar-refractivity contribution in [1.29, 1.82) is 0 Å². The van der Waals surface area contributed by atoms with E-state index in [9.17, 15) is 4.79 Å². The maximum atomic E-state index is 12.4. The third-order valence-electron chi connectivity index (χ3n) is 5.55. The Morgan fingerprint density at radius 1 is 1.28 bits per heavy atom. The largest absolute Gasteiger partial charge is 0.338 e. The van der Waals surface area contributed by atoms with Crippen molar-refractivity contribution in [3.8, 4) is 0 Å². The Bertz CT molecular complexity index is 930. The van der Waals surface area contributed by atoms with Crippen LogP contribution in [0.25, 0.3) is 10.2 Å². The molecule has 0 unspecified atom stereocenters. The summed E-state index contributed by atoms with van der Waals surface area (Å²) in [6, 6.07) is 8.33. The van der Waals surface area contributed by atoms with E-state index in [0.29, 0.717) is 24.7 Å². The summed E-state index contributed by atoms with van der Waals surface area (Å²) in [5.74, 6) is 0.471. The molecule has 1 amide bonds. The minimum atomic E-state index is -0.0395. The molecule has 7 nitrogen and oxygen atoms in total. The predicted molar refractivity (Wildman–Crippen MR) is 115 cm³/mol. The van der Waals surface area contributed by atoms with Gasteiger partial charge in [-0.05, 0) is 51.3 Å². The van der Waals surface area contributed by atoms with Crippen LogP contribution in [-0.4, -0.2) is 61.9 Å². The molecule has 1 aromatic carbocycles. The molecule has 3 heterocycles. The van der Waals surface area contributed by atoms with E-state index in [2.05, 4.69) is 33.4 Å². The lowest BCUT2D eigenvalue weighted by atomic mass is 9.98. The van der Waals surface area contributed by atoms with Crippen LogP contribution in [0.4, 0.5) is 0 Å². The molecule has 1 atom stereocenters. The molecule has 0 bridgehead atoms. The van der Waals surface area contributed by atoms with E-state index in [4.69, 9.17) is 4.98 Å². The Kier molecular flexibility index (Phi) is 6.20. The fourth-order valence-corrected chi connectivity index (χ4v) is 5.06. The third kappa shape index (κ3) is 4.64. The highest BCUT2D eigenvalue weighted by Gasteiger charge is 2.23. The van der Waals surface area contributed by atoms with Crippen LogP contribution in [0.5, 0.6) is 0 Å². The summed E-state index contributed by atoms with van der Waals surface area (Å²) < 4.78 is 3.09. The van der Waals surface area contributed by atoms with Gasteiger partial charge in [-0.25, -0.2) is 4.98 Å². The average Bonchev–Trinajstić information content (AvgIpc) is 3.35. The number of hydrogen-bond donors (Lipinski definition) is 0. The van der Waals surface area contributed by atoms with Gasteiger partial charge in [0.25, 0.3) is 5.91 Å². The van der Waals surface area contributed by atoms with Crippen molar-refractivity contribution < 1.29 is 4.79 Å². The molecule has 0 N–H and O–H groups in total. The fraction of sp³-hybridized carbons (Fsp3) is 0.524. The summed E-state index contributed by atoms with van der Waals surface area (Å²) in [6.07, 6.45) is 4.15. The number of hydrogen-bond acceptors (Lipinski definition) is 6. The predicted octanol–water partition coefficient (Wildman–Crippen LogP) is 3.28. The van der Waals surface area contributed by atoms with E-state index in [0.717, 1.165) is 31.7 Å². The molecule has 29 heavy (non-hydrogen) atoms. The second kappa shape index (κ2) is 9.00. The molecule has 1 fully saturated rings. The third-order valence-corrected chi connectivity index (χ3v) is 6.57. The summed E-state index contributed by atoms with van der Waals surface area (Å²) in [5.41, 5.74) is 1.53. The highest BCUT2D eigenvalue weighted by molar-refractivity contribution is 7.18. The Labute approximate surface area is 175 Å². The molecule has 3 aromatic rings. The SMILES string of the molecule is CCN(CC)C(=O)c1cn(C[C@H]2CCCN(Cc3nc4ccccc4s3)C2)nn1. The molecular formula is C21H28N6OS. The van der Waals surface area contributed by atoms with Gasteiger partial charge in [-0.2, -0.15) is 0 Å². The van der Waals surface area contributed by atoms with Crippen molar-refractivity contribution in [3.05, 3.63) is 41.2 Å². The summed E-state index contributed by atoms with van der Waals surface area (Å²) in [5, 5.41) is 9.50. The monoisotopic (exact) mass is 412 g/mol. The van der Waals surface area contributed by atoms with Crippen molar-refractivity contribution in [1.82, 2.24) is 29.8 Å². The van der Waals surface area contributed by atoms with Gasteiger partial charge in [-0.3, -0.25) is 14.4 Å². The first kappa shape index (κ1) is 20.0. The standard InChI is InChI=1S/C21H28N6OS/c1-3-26(4-2)21(28)18-14-27(24-23-18)13-16-8-7-11-25(12-16)15-20-22-17-9-5-6-10-19(17)29-20/h5-6,9-10,14,16H,3-4,7-8,11-13,15H2,1-2H3/t16-/m0/s1. The molecule has 8 heteroatoms. The Morgan fingerprint density at radius 2 is 2.10 bits per heavy atom. The first-order chi connectivity index (χ1) is 14.2. The zero-order valence-corrected chi connectivity index (χ0v) is 17.9. The maximum absolute atomic E-state index is 12.4. The zero-order chi connectivity index (χ0) is 20.2. The van der Waals surface area contributed by atoms with Crippen molar-refractivity contribution >= 4 is 27.5 Å². The first-order valence-corrected chi connectivity index (χ1v) is 11.2. The molecule has 1 aliphatic rings. The smallest absolute Gasteiger partial charge is 0.276 e. The van der Waals surface area contributed by atoms with Crippen LogP contribution in [0.2, 0.25) is 0 Å². The van der Waals surface area contributed by atoms with Gasteiger partial charge in [0, 0.05) is 26.2 Å². The number of piperidine rings is 1. The topological polar surface area (TPSA) is 67.2 Å². The van der Waals surface area contributed by atoms with E-state index in [1.807, 2.05) is 24.6 Å². The van der Waals surface area contributed by atoms with Crippen molar-refractivity contribution in [2.75, 3.05) is 26.2 Å². The number of thiazole rings is 1. The van der Waals surface area contributed by atoms with Crippen LogP contribution >= 0.6 is 11.3 Å². The number of para-hydroxylation sites is 1. The molecule has 1 saturated heterocycles. The van der Waals surface area contributed by atoms with Gasteiger partial charge in [-0.1, -0.05) is 17.3 Å². The maximum Gasteiger partial charge on any atom is 0.276 e. The summed E-state index contributed by atoms with van der Waals surface area (Å²) in [7, 11) is 0. The highest BCUT2D eigenvalue weighted by atomic mass is 32.1. The number of rotatable bonds is 7. The second-order valence-corrected chi connectivity index (χ2v) is 8.74. The molecule has 0 radical (unpaired) electrons. The van der Waals surface area contributed by atoms with Gasteiger partial charge in [0.15, 0.2) is 5.69 Å². The van der Waals surface area contributed by atoms with Crippen LogP contribution in [0, 0.1) is 5.92 Å². The van der Waals surface area contributed by atoms with Crippen LogP contribution in [0.15, 0.2) is 30.5 Å². The molecule has 0 saturated carbocycles. The second-order valence-electron chi connectivity index (χ2n) is 7.62. The molecule has 0 spiro atoms. The quantitative estimate of drug-likeness (QED) is 0.596. The Balaban J connectivity index is 1.36. The van der Waals surface area contributed by atoms with Crippen molar-refractivity contribution in [2.45, 2.75) is 39.8 Å². The Morgan fingerprint density at radius 3 is 2.90 bits per heavy atom. The average molecular weight is 413 g/mol. The zero-order valence-electron chi connectivity index (χ0n) is 17.1. The van der Waals surface area contributed by atoms with Crippen LogP contribution < -0.4 is 0 Å². The summed E-state index contributed by atoms with van der Waals surface area (Å²) in [6.45, 7) is 9.16. The number of amides is 1. The number of aromatic nitrogens is 4. The number of benzene rings is 1. The number of likely N-dealkylation sites (tertiary alicyclic amines) is 1. The number of carbonyl (C=O) groups is 1. The van der Waals surface area contributed by atoms with Gasteiger partial charge in [0.2, 0.25) is 0 Å². The van der Waals surface area contributed by atoms with E-state index in [-0.39, 0.29) is 5.91 Å². The Hall–Kier alpha value is -2.32. The summed E-state index contributed by atoms with van der Waals surface area (Å²) >= 11 is 1.79. The summed E-state index contributed by atoms with van der Waals surface area (Å²) in [4.78, 5) is 21.5. The number of carbonyl (C=O) groups excluding carboxylic acids is 1. The molecular weight excluding hydrogens is 384 g/mol. The molecule has 0 aliphatic carbocycles. The van der Waals surface area contributed by atoms with Crippen molar-refractivity contribution in [3.63, 3.8) is 0 Å². The lowest BCUT2D eigenvalue weighted by molar-refractivity contribution is 0.0767. The molecule has 154 valence electrons. The fourth-order valence-electron chi connectivity index (χ4n) is 4.05. The number of fused-ring (bicyclic) bond motifs is 1. The lowest BCUT2D eigenvalue weighted by Gasteiger charge is -2.31. The van der Waals surface area contributed by atoms with E-state index in [1.165, 1.54) is 22.5 Å². The highest BCUT2D eigenvalue weighted by Crippen LogP contribution is 2.25. The van der Waals surface area contributed by atoms with Gasteiger partial charge >= 0.3 is 0 Å². The van der Waals surface area contributed by atoms with Crippen LogP contribution in [0.1, 0.15) is 42.2 Å². The van der Waals surface area contributed by atoms with Gasteiger partial charge in [-0.15, -0.1) is 16.4 Å². The number of nitrogens with zero attached hydrogens (tertiary/aromatic N) is 6. The van der Waals surface area contributed by atoms with Crippen molar-refractivity contribution in [2.24, 2.45) is 5.92 Å². The molecule has 1 aliphatic heterocycles. The minimum absolute atomic E-state index is 0.0395. The molecule has 2 aromatic heterocycles. The minimum Gasteiger partial charge on any atom is -0.338 e. The molecule has 4 rings (SSSR count). The van der Waals surface area contributed by atoms with Gasteiger partial charge in [0.05, 0.1) is 23.0 Å². The van der Waals surface area contributed by atoms with E-state index < -0.39 is 0 Å². The van der Waals surface area contributed by atoms with Crippen LogP contribution in [0.3, 0.4) is 0 Å². The lowest BCUT2D eigenvalue weighted by Crippen LogP contribution is -2.36. The normalized spacial score (nSPS) is 17.7. The van der Waals surface area contributed by atoms with Gasteiger partial charge < -0.3 is 4.90 Å². The van der Waals surface area contributed by atoms with E-state index in [1.54, 1.807) is 22.4 Å².